The van der Waals surface area contributed by atoms with E-state index in [4.69, 9.17) is 0 Å². The first kappa shape index (κ1) is 61.3. The van der Waals surface area contributed by atoms with Crippen molar-refractivity contribution in [2.75, 3.05) is 0 Å². The molecule has 336 valence electrons. The molecule has 4 nitrogen and oxygen atoms in total. The minimum atomic E-state index is -0.115. The molecule has 0 aromatic heterocycles. The Morgan fingerprint density at radius 2 is 0.732 bits per heavy atom. The third-order valence-electron chi connectivity index (χ3n) is 10.8. The molecule has 0 aliphatic heterocycles. The number of ketones is 4. The van der Waals surface area contributed by atoms with Crippen molar-refractivity contribution >= 4 is 23.1 Å². The van der Waals surface area contributed by atoms with E-state index in [1.807, 2.05) is 55.4 Å². The molecule has 0 bridgehead atoms. The standard InChI is InChI=1S/2C14H28O.2C12H24O/c1-10(2)8-14(7,9-11(3)4)13(15)12(5)6;1-10(2)7-13(8-11(3)4)9-14(15)12(5)6;1-8(2)11(9(3)4)7-12(13)10(5)6;1-8(2)7-11(9(3)4)12(13)10(5)6/h10-12H,8-9H2,1-7H3;10-13H,7-9H2,1-6H3;2*8-11H,7H2,1-6H3. The van der Waals surface area contributed by atoms with Gasteiger partial charge in [-0.25, -0.2) is 0 Å². The fourth-order valence-corrected chi connectivity index (χ4v) is 8.26. The lowest BCUT2D eigenvalue weighted by Gasteiger charge is -2.33. The first-order chi connectivity index (χ1) is 25.2. The van der Waals surface area contributed by atoms with Crippen molar-refractivity contribution in [3.8, 4) is 0 Å². The van der Waals surface area contributed by atoms with Crippen LogP contribution in [0.25, 0.3) is 0 Å². The fraction of sp³-hybridized carbons (Fsp3) is 0.923. The van der Waals surface area contributed by atoms with Crippen LogP contribution in [0.2, 0.25) is 0 Å². The van der Waals surface area contributed by atoms with Crippen LogP contribution in [0.3, 0.4) is 0 Å². The van der Waals surface area contributed by atoms with Crippen LogP contribution in [0.5, 0.6) is 0 Å². The Morgan fingerprint density at radius 1 is 0.393 bits per heavy atom. The molecule has 0 radical (unpaired) electrons. The van der Waals surface area contributed by atoms with Crippen molar-refractivity contribution in [1.82, 2.24) is 0 Å². The molecule has 0 amide bonds. The molecule has 0 aromatic carbocycles. The van der Waals surface area contributed by atoms with Crippen LogP contribution in [0.1, 0.15) is 218 Å². The summed E-state index contributed by atoms with van der Waals surface area (Å²) in [7, 11) is 0. The van der Waals surface area contributed by atoms with Crippen molar-refractivity contribution < 1.29 is 19.2 Å². The van der Waals surface area contributed by atoms with Gasteiger partial charge in [-0.15, -0.1) is 0 Å². The Kier molecular flexibility index (Phi) is 34.6. The van der Waals surface area contributed by atoms with Crippen molar-refractivity contribution in [3.05, 3.63) is 0 Å². The number of Topliss-reactive ketones (excluding diaryl/α,β-unsaturated/α-hetero) is 4. The summed E-state index contributed by atoms with van der Waals surface area (Å²) < 4.78 is 0. The number of rotatable bonds is 23. The van der Waals surface area contributed by atoms with Crippen LogP contribution in [0.15, 0.2) is 0 Å². The van der Waals surface area contributed by atoms with E-state index < -0.39 is 0 Å². The predicted octanol–water partition coefficient (Wildman–Crippen LogP) is 15.7. The molecule has 0 fully saturated rings. The highest BCUT2D eigenvalue weighted by Crippen LogP contribution is 2.36. The van der Waals surface area contributed by atoms with Gasteiger partial charge in [0.05, 0.1) is 0 Å². The Labute approximate surface area is 353 Å². The van der Waals surface area contributed by atoms with Gasteiger partial charge in [0.25, 0.3) is 0 Å². The summed E-state index contributed by atoms with van der Waals surface area (Å²) in [5, 5.41) is 0. The van der Waals surface area contributed by atoms with E-state index in [1.54, 1.807) is 0 Å². The highest BCUT2D eigenvalue weighted by atomic mass is 16.1. The van der Waals surface area contributed by atoms with Crippen LogP contribution in [0, 0.1) is 94.2 Å². The average Bonchev–Trinajstić information content (AvgIpc) is 3.00. The van der Waals surface area contributed by atoms with Crippen molar-refractivity contribution in [3.63, 3.8) is 0 Å². The molecule has 56 heavy (non-hydrogen) atoms. The summed E-state index contributed by atoms with van der Waals surface area (Å²) in [6, 6.07) is 0. The van der Waals surface area contributed by atoms with E-state index in [1.165, 1.54) is 12.8 Å². The molecule has 0 aromatic rings. The second-order valence-electron chi connectivity index (χ2n) is 22.2. The molecule has 0 aliphatic carbocycles. The predicted molar refractivity (Wildman–Crippen MR) is 249 cm³/mol. The van der Waals surface area contributed by atoms with E-state index in [0.29, 0.717) is 82.3 Å². The highest BCUT2D eigenvalue weighted by Gasteiger charge is 2.35. The Hall–Kier alpha value is -1.32. The molecule has 0 rings (SSSR count). The lowest BCUT2D eigenvalue weighted by atomic mass is 9.70. The second-order valence-corrected chi connectivity index (χ2v) is 22.2. The zero-order valence-electron chi connectivity index (χ0n) is 42.7. The quantitative estimate of drug-likeness (QED) is 0.103. The Morgan fingerprint density at radius 3 is 0.964 bits per heavy atom. The van der Waals surface area contributed by atoms with Gasteiger partial charge in [-0.05, 0) is 91.3 Å². The lowest BCUT2D eigenvalue weighted by molar-refractivity contribution is -0.133. The monoisotopic (exact) mass is 793 g/mol. The van der Waals surface area contributed by atoms with Crippen LogP contribution in [0.4, 0.5) is 0 Å². The van der Waals surface area contributed by atoms with E-state index in [2.05, 4.69) is 118 Å². The zero-order valence-corrected chi connectivity index (χ0v) is 42.7. The van der Waals surface area contributed by atoms with Gasteiger partial charge in [0.2, 0.25) is 0 Å². The van der Waals surface area contributed by atoms with Crippen molar-refractivity contribution in [1.29, 1.82) is 0 Å². The van der Waals surface area contributed by atoms with Gasteiger partial charge in [0.1, 0.15) is 23.1 Å². The maximum absolute atomic E-state index is 12.2. The summed E-state index contributed by atoms with van der Waals surface area (Å²) in [5.74, 6) is 8.79. The topological polar surface area (TPSA) is 68.3 Å². The summed E-state index contributed by atoms with van der Waals surface area (Å²) >= 11 is 0. The van der Waals surface area contributed by atoms with Gasteiger partial charge < -0.3 is 0 Å². The summed E-state index contributed by atoms with van der Waals surface area (Å²) in [6.07, 6.45) is 6.99. The third-order valence-corrected chi connectivity index (χ3v) is 10.8. The molecule has 0 aliphatic rings. The molecular weight excluding hydrogens is 689 g/mol. The summed E-state index contributed by atoms with van der Waals surface area (Å²) in [6.45, 7) is 53.4. The maximum atomic E-state index is 12.2. The van der Waals surface area contributed by atoms with E-state index in [9.17, 15) is 19.2 Å². The van der Waals surface area contributed by atoms with Crippen LogP contribution in [-0.2, 0) is 19.2 Å². The molecule has 0 saturated heterocycles. The van der Waals surface area contributed by atoms with Crippen LogP contribution < -0.4 is 0 Å². The normalized spacial score (nSPS) is 12.8. The summed E-state index contributed by atoms with van der Waals surface area (Å²) in [4.78, 5) is 47.3. The number of hydrogen-bond donors (Lipinski definition) is 0. The minimum absolute atomic E-state index is 0.115. The Balaban J connectivity index is -0.000000323. The molecule has 0 heterocycles. The number of carbonyl (C=O) groups excluding carboxylic acids is 4. The first-order valence-corrected chi connectivity index (χ1v) is 23.4. The maximum Gasteiger partial charge on any atom is 0.141 e. The van der Waals surface area contributed by atoms with Gasteiger partial charge in [0, 0.05) is 47.8 Å². The Bertz CT molecular complexity index is 993. The van der Waals surface area contributed by atoms with E-state index in [-0.39, 0.29) is 35.0 Å². The van der Waals surface area contributed by atoms with E-state index in [0.717, 1.165) is 32.1 Å². The SMILES string of the molecule is CC(C)C(=O)CC(C(C)C)C(C)C.CC(C)CC(C(=O)C(C)C)C(C)C.CC(C)CC(C)(CC(C)C)C(=O)C(C)C.CC(C)CC(CC(=O)C(C)C)CC(C)C. The first-order valence-electron chi connectivity index (χ1n) is 23.4. The molecule has 0 spiro atoms. The molecular formula is C52H104O4. The molecule has 1 atom stereocenters. The highest BCUT2D eigenvalue weighted by molar-refractivity contribution is 5.86. The van der Waals surface area contributed by atoms with E-state index >= 15 is 0 Å². The lowest BCUT2D eigenvalue weighted by Crippen LogP contribution is -2.34. The largest absolute Gasteiger partial charge is 0.299 e. The molecule has 0 saturated carbocycles. The van der Waals surface area contributed by atoms with Gasteiger partial charge in [-0.3, -0.25) is 19.2 Å². The van der Waals surface area contributed by atoms with Gasteiger partial charge in [-0.2, -0.15) is 0 Å². The number of hydrogen-bond acceptors (Lipinski definition) is 4. The van der Waals surface area contributed by atoms with Crippen LogP contribution >= 0.6 is 0 Å². The van der Waals surface area contributed by atoms with Crippen molar-refractivity contribution in [2.45, 2.75) is 218 Å². The van der Waals surface area contributed by atoms with Gasteiger partial charge >= 0.3 is 0 Å². The minimum Gasteiger partial charge on any atom is -0.299 e. The zero-order chi connectivity index (χ0) is 45.4. The summed E-state index contributed by atoms with van der Waals surface area (Å²) in [5.41, 5.74) is -0.115. The molecule has 0 N–H and O–H groups in total. The molecule has 4 heteroatoms. The number of carbonyl (C=O) groups is 4. The smallest absolute Gasteiger partial charge is 0.141 e. The average molecular weight is 793 g/mol. The van der Waals surface area contributed by atoms with Crippen molar-refractivity contribution in [2.24, 2.45) is 94.2 Å². The fourth-order valence-electron chi connectivity index (χ4n) is 8.26. The molecule has 1 unspecified atom stereocenters. The van der Waals surface area contributed by atoms with Crippen LogP contribution in [-0.4, -0.2) is 23.1 Å². The van der Waals surface area contributed by atoms with Gasteiger partial charge in [-0.1, -0.05) is 173 Å². The van der Waals surface area contributed by atoms with Gasteiger partial charge in [0.15, 0.2) is 0 Å². The third kappa shape index (κ3) is 31.6. The second kappa shape index (κ2) is 31.6.